The van der Waals surface area contributed by atoms with Gasteiger partial charge in [0.2, 0.25) is 0 Å². The molecule has 2 aromatic rings. The molecular formula is C33H38SZr. The van der Waals surface area contributed by atoms with Crippen molar-refractivity contribution in [2.24, 2.45) is 11.8 Å². The molecule has 0 nitrogen and oxygen atoms in total. The van der Waals surface area contributed by atoms with E-state index in [1.54, 1.807) is 6.08 Å². The first kappa shape index (κ1) is 31.1. The molecule has 2 atom stereocenters. The summed E-state index contributed by atoms with van der Waals surface area (Å²) in [5.41, 5.74) is 2.14. The molecule has 0 amide bonds. The third-order valence-corrected chi connectivity index (χ3v) is 6.49. The summed E-state index contributed by atoms with van der Waals surface area (Å²) in [5.74, 6) is 1.59. The molecule has 35 heavy (non-hydrogen) atoms. The van der Waals surface area contributed by atoms with Crippen LogP contribution >= 0.6 is 11.8 Å². The second kappa shape index (κ2) is 19.3. The van der Waals surface area contributed by atoms with Gasteiger partial charge in [-0.1, -0.05) is 73.7 Å². The van der Waals surface area contributed by atoms with Crippen LogP contribution in [0.2, 0.25) is 0 Å². The zero-order valence-electron chi connectivity index (χ0n) is 20.8. The topological polar surface area (TPSA) is 0 Å². The maximum absolute atomic E-state index is 3.79. The van der Waals surface area contributed by atoms with Crippen molar-refractivity contribution in [3.8, 4) is 0 Å². The first-order valence-corrected chi connectivity index (χ1v) is 12.9. The maximum atomic E-state index is 3.79. The van der Waals surface area contributed by atoms with Gasteiger partial charge in [-0.15, -0.1) is 36.3 Å². The van der Waals surface area contributed by atoms with Crippen molar-refractivity contribution < 1.29 is 26.2 Å². The number of hydrogen-bond donors (Lipinski definition) is 0. The van der Waals surface area contributed by atoms with Crippen LogP contribution in [-0.4, -0.2) is 0 Å². The van der Waals surface area contributed by atoms with E-state index in [4.69, 9.17) is 0 Å². The SMILES string of the molecule is C1=CC2[CH-]CCCC2C=C1.C=C/C=C\C1=C(CC[CH2-])S1.[CH2-]c1ccccc1.[CH2-]c1ccccc1.[Zr+4]. The molecule has 0 N–H and O–H groups in total. The Morgan fingerprint density at radius 1 is 0.943 bits per heavy atom. The van der Waals surface area contributed by atoms with Gasteiger partial charge in [0.05, 0.1) is 0 Å². The molecule has 2 aromatic carbocycles. The van der Waals surface area contributed by atoms with Crippen LogP contribution in [0, 0.1) is 39.0 Å². The number of fused-ring (bicyclic) bond motifs is 1. The Bertz CT molecular complexity index is 880. The molecule has 3 aliphatic rings. The summed E-state index contributed by atoms with van der Waals surface area (Å²) in [5, 5.41) is 0. The van der Waals surface area contributed by atoms with E-state index >= 15 is 0 Å². The van der Waals surface area contributed by atoms with Crippen LogP contribution in [0.4, 0.5) is 0 Å². The van der Waals surface area contributed by atoms with Gasteiger partial charge in [0, 0.05) is 9.81 Å². The minimum Gasteiger partial charge on any atom is -0.343 e. The van der Waals surface area contributed by atoms with Crippen LogP contribution in [-0.2, 0) is 26.2 Å². The molecule has 2 heteroatoms. The Balaban J connectivity index is 0.000000234. The Labute approximate surface area is 238 Å². The van der Waals surface area contributed by atoms with Gasteiger partial charge in [0.1, 0.15) is 0 Å². The Kier molecular flexibility index (Phi) is 17.2. The van der Waals surface area contributed by atoms with Crippen molar-refractivity contribution in [1.29, 1.82) is 0 Å². The van der Waals surface area contributed by atoms with Crippen molar-refractivity contribution in [2.45, 2.75) is 32.1 Å². The molecule has 5 rings (SSSR count). The third kappa shape index (κ3) is 14.3. The second-order valence-electron chi connectivity index (χ2n) is 8.24. The maximum Gasteiger partial charge on any atom is 4.00 e. The average Bonchev–Trinajstić information content (AvgIpc) is 3.63. The smallest absolute Gasteiger partial charge is 0.343 e. The molecule has 0 bridgehead atoms. The van der Waals surface area contributed by atoms with E-state index in [1.165, 1.54) is 29.1 Å². The molecule has 1 heterocycles. The van der Waals surface area contributed by atoms with E-state index in [9.17, 15) is 0 Å². The molecule has 1 aliphatic heterocycles. The van der Waals surface area contributed by atoms with Crippen molar-refractivity contribution in [3.63, 3.8) is 0 Å². The van der Waals surface area contributed by atoms with Crippen molar-refractivity contribution in [2.75, 3.05) is 0 Å². The zero-order chi connectivity index (χ0) is 24.4. The van der Waals surface area contributed by atoms with Crippen LogP contribution in [0.25, 0.3) is 0 Å². The van der Waals surface area contributed by atoms with Crippen LogP contribution in [0.3, 0.4) is 0 Å². The molecule has 0 aromatic heterocycles. The number of thioether (sulfide) groups is 1. The quantitative estimate of drug-likeness (QED) is 0.266. The molecule has 0 saturated heterocycles. The predicted octanol–water partition coefficient (Wildman–Crippen LogP) is 9.77. The minimum atomic E-state index is 0. The third-order valence-electron chi connectivity index (χ3n) is 5.42. The van der Waals surface area contributed by atoms with Crippen molar-refractivity contribution >= 4 is 11.8 Å². The number of rotatable bonds is 4. The molecule has 0 spiro atoms. The standard InChI is InChI=1S/C10H13.C9H11S.2C7H7.Zr/c1-2-6-10-8-4-3-7-9(10)5-1;1-3-5-7-9-8(10-9)6-4-2;2*1-7-5-3-2-4-6-7;/h1-2,5-7,9-10H,3-4,8H2;3,5,7H,1-2,4,6H2;2*2-6H,1H2;/q4*-1;+4/b;7-5-;;;. The van der Waals surface area contributed by atoms with Crippen LogP contribution in [0.1, 0.15) is 43.2 Å². The van der Waals surface area contributed by atoms with E-state index < -0.39 is 0 Å². The normalized spacial score (nSPS) is 18.9. The summed E-state index contributed by atoms with van der Waals surface area (Å²) >= 11 is 1.86. The molecular weight excluding hydrogens is 520 g/mol. The van der Waals surface area contributed by atoms with Gasteiger partial charge in [-0.2, -0.15) is 62.1 Å². The summed E-state index contributed by atoms with van der Waals surface area (Å²) in [6.07, 6.45) is 23.6. The van der Waals surface area contributed by atoms with Gasteiger partial charge >= 0.3 is 26.2 Å². The number of hydrogen-bond acceptors (Lipinski definition) is 1. The average molecular weight is 558 g/mol. The number of allylic oxidation sites excluding steroid dienone is 8. The summed E-state index contributed by atoms with van der Waals surface area (Å²) < 4.78 is 0. The first-order valence-electron chi connectivity index (χ1n) is 12.1. The molecule has 2 unspecified atom stereocenters. The first-order chi connectivity index (χ1) is 16.6. The second-order valence-corrected chi connectivity index (χ2v) is 9.37. The van der Waals surface area contributed by atoms with Gasteiger partial charge in [0.25, 0.3) is 0 Å². The van der Waals surface area contributed by atoms with Gasteiger partial charge in [-0.25, -0.2) is 0 Å². The Morgan fingerprint density at radius 2 is 1.54 bits per heavy atom. The van der Waals surface area contributed by atoms with Gasteiger partial charge in [-0.05, 0) is 18.4 Å². The molecule has 180 valence electrons. The molecule has 0 radical (unpaired) electrons. The van der Waals surface area contributed by atoms with E-state index in [2.05, 4.69) is 64.2 Å². The Morgan fingerprint density at radius 3 is 2.03 bits per heavy atom. The van der Waals surface area contributed by atoms with Crippen molar-refractivity contribution in [3.05, 3.63) is 158 Å². The summed E-state index contributed by atoms with van der Waals surface area (Å²) in [6, 6.07) is 19.7. The predicted molar refractivity (Wildman–Crippen MR) is 154 cm³/mol. The zero-order valence-corrected chi connectivity index (χ0v) is 24.1. The molecule has 1 fully saturated rings. The molecule has 1 saturated carbocycles. The largest absolute Gasteiger partial charge is 4.00 e. The number of benzene rings is 2. The van der Waals surface area contributed by atoms with E-state index in [0.717, 1.165) is 35.8 Å². The van der Waals surface area contributed by atoms with Crippen LogP contribution in [0.15, 0.2) is 120 Å². The fourth-order valence-corrected chi connectivity index (χ4v) is 4.33. The van der Waals surface area contributed by atoms with Gasteiger partial charge < -0.3 is 13.3 Å². The fraction of sp³-hybridized carbons (Fsp3) is 0.212. The fourth-order valence-electron chi connectivity index (χ4n) is 3.56. The minimum absolute atomic E-state index is 0. The van der Waals surface area contributed by atoms with Crippen molar-refractivity contribution in [1.82, 2.24) is 0 Å². The van der Waals surface area contributed by atoms with E-state index in [1.807, 2.05) is 78.5 Å². The summed E-state index contributed by atoms with van der Waals surface area (Å²) in [7, 11) is 0. The van der Waals surface area contributed by atoms with Crippen LogP contribution < -0.4 is 0 Å². The Hall–Kier alpha value is -1.89. The van der Waals surface area contributed by atoms with E-state index in [0.29, 0.717) is 0 Å². The van der Waals surface area contributed by atoms with E-state index in [-0.39, 0.29) is 26.2 Å². The summed E-state index contributed by atoms with van der Waals surface area (Å²) in [6.45, 7) is 14.8. The van der Waals surface area contributed by atoms with Crippen LogP contribution in [0.5, 0.6) is 0 Å². The van der Waals surface area contributed by atoms with Gasteiger partial charge in [-0.3, -0.25) is 0 Å². The summed E-state index contributed by atoms with van der Waals surface area (Å²) in [4.78, 5) is 2.90. The monoisotopic (exact) mass is 556 g/mol. The van der Waals surface area contributed by atoms with Gasteiger partial charge in [0.15, 0.2) is 0 Å². The molecule has 2 aliphatic carbocycles.